The zero-order valence-corrected chi connectivity index (χ0v) is 14.6. The van der Waals surface area contributed by atoms with E-state index in [9.17, 15) is 0 Å². The van der Waals surface area contributed by atoms with Crippen molar-refractivity contribution in [3.05, 3.63) is 67.1 Å². The van der Waals surface area contributed by atoms with Crippen LogP contribution in [0.1, 0.15) is 22.7 Å². The molecule has 1 atom stereocenters. The average molecular weight is 404 g/mol. The molecule has 0 aliphatic carbocycles. The van der Waals surface area contributed by atoms with Gasteiger partial charge in [0, 0.05) is 14.0 Å². The lowest BCUT2D eigenvalue weighted by Gasteiger charge is -2.21. The molecule has 0 aliphatic heterocycles. The van der Waals surface area contributed by atoms with Gasteiger partial charge in [-0.2, -0.15) is 0 Å². The molecule has 0 heterocycles. The Labute approximate surface area is 135 Å². The Morgan fingerprint density at radius 3 is 2.53 bits per heavy atom. The molecule has 100 valence electrons. The minimum Gasteiger partial charge on any atom is -0.309 e. The van der Waals surface area contributed by atoms with Gasteiger partial charge in [-0.1, -0.05) is 55.6 Å². The molecule has 0 aromatic heterocycles. The molecular formula is C15H14Br2ClN. The maximum Gasteiger partial charge on any atom is 0.0588 e. The first-order valence-corrected chi connectivity index (χ1v) is 7.88. The maximum absolute atomic E-state index is 6.22. The first-order valence-electron chi connectivity index (χ1n) is 5.92. The second-order valence-corrected chi connectivity index (χ2v) is 6.52. The van der Waals surface area contributed by atoms with Gasteiger partial charge in [0.1, 0.15) is 0 Å². The van der Waals surface area contributed by atoms with Crippen molar-refractivity contribution in [1.82, 2.24) is 5.32 Å². The lowest BCUT2D eigenvalue weighted by atomic mass is 9.95. The second kappa shape index (κ2) is 6.40. The molecular weight excluding hydrogens is 389 g/mol. The predicted molar refractivity (Wildman–Crippen MR) is 88.9 cm³/mol. The lowest BCUT2D eigenvalue weighted by Crippen LogP contribution is -2.19. The minimum absolute atomic E-state index is 0.102. The Bertz CT molecular complexity index is 597. The summed E-state index contributed by atoms with van der Waals surface area (Å²) in [5.74, 6) is 0. The standard InChI is InChI=1S/C15H14Br2ClN/c1-9-11(4-3-5-14(9)18)15(19-2)12-8-10(16)6-7-13(12)17/h3-8,15,19H,1-2H3. The lowest BCUT2D eigenvalue weighted by molar-refractivity contribution is 0.684. The number of hydrogen-bond donors (Lipinski definition) is 1. The molecule has 19 heavy (non-hydrogen) atoms. The molecule has 0 saturated carbocycles. The monoisotopic (exact) mass is 401 g/mol. The molecule has 0 fully saturated rings. The number of hydrogen-bond acceptors (Lipinski definition) is 1. The van der Waals surface area contributed by atoms with Crippen LogP contribution in [-0.2, 0) is 0 Å². The van der Waals surface area contributed by atoms with Gasteiger partial charge in [0.15, 0.2) is 0 Å². The Hall–Kier alpha value is -0.350. The van der Waals surface area contributed by atoms with Crippen molar-refractivity contribution in [1.29, 1.82) is 0 Å². The van der Waals surface area contributed by atoms with Gasteiger partial charge in [-0.15, -0.1) is 0 Å². The third kappa shape index (κ3) is 3.22. The van der Waals surface area contributed by atoms with Crippen LogP contribution >= 0.6 is 43.5 Å². The van der Waals surface area contributed by atoms with E-state index in [0.29, 0.717) is 0 Å². The van der Waals surface area contributed by atoms with Crippen LogP contribution in [0.15, 0.2) is 45.3 Å². The molecule has 1 unspecified atom stereocenters. The topological polar surface area (TPSA) is 12.0 Å². The summed E-state index contributed by atoms with van der Waals surface area (Å²) in [6, 6.07) is 12.3. The van der Waals surface area contributed by atoms with Crippen molar-refractivity contribution >= 4 is 43.5 Å². The van der Waals surface area contributed by atoms with Crippen LogP contribution in [0.25, 0.3) is 0 Å². The molecule has 0 spiro atoms. The Balaban J connectivity index is 2.56. The van der Waals surface area contributed by atoms with Crippen LogP contribution in [0, 0.1) is 6.92 Å². The fraction of sp³-hybridized carbons (Fsp3) is 0.200. The molecule has 1 nitrogen and oxygen atoms in total. The van der Waals surface area contributed by atoms with Crippen LogP contribution in [0.3, 0.4) is 0 Å². The van der Waals surface area contributed by atoms with E-state index in [1.165, 1.54) is 11.1 Å². The van der Waals surface area contributed by atoms with Gasteiger partial charge in [-0.3, -0.25) is 0 Å². The average Bonchev–Trinajstić information content (AvgIpc) is 2.39. The van der Waals surface area contributed by atoms with E-state index >= 15 is 0 Å². The number of benzene rings is 2. The summed E-state index contributed by atoms with van der Waals surface area (Å²) in [5.41, 5.74) is 3.48. The molecule has 2 aromatic rings. The molecule has 4 heteroatoms. The maximum atomic E-state index is 6.22. The molecule has 0 amide bonds. The van der Waals surface area contributed by atoms with Crippen LogP contribution in [-0.4, -0.2) is 7.05 Å². The summed E-state index contributed by atoms with van der Waals surface area (Å²) in [7, 11) is 1.96. The quantitative estimate of drug-likeness (QED) is 0.715. The summed E-state index contributed by atoms with van der Waals surface area (Å²) in [6.07, 6.45) is 0. The first kappa shape index (κ1) is 15.0. The van der Waals surface area contributed by atoms with E-state index in [0.717, 1.165) is 19.5 Å². The molecule has 1 N–H and O–H groups in total. The smallest absolute Gasteiger partial charge is 0.0588 e. The second-order valence-electron chi connectivity index (χ2n) is 4.34. The van der Waals surface area contributed by atoms with Gasteiger partial charge in [0.25, 0.3) is 0 Å². The van der Waals surface area contributed by atoms with Crippen molar-refractivity contribution in [2.75, 3.05) is 7.05 Å². The number of halogens is 3. The fourth-order valence-corrected chi connectivity index (χ4v) is 3.19. The molecule has 0 saturated heterocycles. The summed E-state index contributed by atoms with van der Waals surface area (Å²) in [4.78, 5) is 0. The Morgan fingerprint density at radius 1 is 1.11 bits per heavy atom. The van der Waals surface area contributed by atoms with Gasteiger partial charge in [0.05, 0.1) is 6.04 Å². The molecule has 2 rings (SSSR count). The predicted octanol–water partition coefficient (Wildman–Crippen LogP) is 5.48. The summed E-state index contributed by atoms with van der Waals surface area (Å²) < 4.78 is 2.14. The first-order chi connectivity index (χ1) is 9.04. The summed E-state index contributed by atoms with van der Waals surface area (Å²) >= 11 is 13.4. The van der Waals surface area contributed by atoms with E-state index < -0.39 is 0 Å². The van der Waals surface area contributed by atoms with Crippen LogP contribution < -0.4 is 5.32 Å². The Kier molecular flexibility index (Phi) is 5.07. The van der Waals surface area contributed by atoms with E-state index in [4.69, 9.17) is 11.6 Å². The van der Waals surface area contributed by atoms with E-state index in [-0.39, 0.29) is 6.04 Å². The highest BCUT2D eigenvalue weighted by Gasteiger charge is 2.18. The fourth-order valence-electron chi connectivity index (χ4n) is 2.15. The highest BCUT2D eigenvalue weighted by Crippen LogP contribution is 2.33. The zero-order chi connectivity index (χ0) is 14.0. The Morgan fingerprint density at radius 2 is 1.84 bits per heavy atom. The largest absolute Gasteiger partial charge is 0.309 e. The van der Waals surface area contributed by atoms with Crippen molar-refractivity contribution in [3.63, 3.8) is 0 Å². The van der Waals surface area contributed by atoms with Crippen LogP contribution in [0.2, 0.25) is 5.02 Å². The normalized spacial score (nSPS) is 12.5. The number of nitrogens with one attached hydrogen (secondary N) is 1. The highest BCUT2D eigenvalue weighted by atomic mass is 79.9. The summed E-state index contributed by atoms with van der Waals surface area (Å²) in [6.45, 7) is 2.05. The molecule has 2 aromatic carbocycles. The SMILES string of the molecule is CNC(c1cc(Br)ccc1Br)c1cccc(Cl)c1C. The van der Waals surface area contributed by atoms with Crippen molar-refractivity contribution in [2.24, 2.45) is 0 Å². The van der Waals surface area contributed by atoms with Crippen molar-refractivity contribution in [3.8, 4) is 0 Å². The molecule has 0 aliphatic rings. The van der Waals surface area contributed by atoms with Gasteiger partial charge in [-0.25, -0.2) is 0 Å². The van der Waals surface area contributed by atoms with E-state index in [1.807, 2.05) is 38.2 Å². The minimum atomic E-state index is 0.102. The van der Waals surface area contributed by atoms with Crippen molar-refractivity contribution < 1.29 is 0 Å². The van der Waals surface area contributed by atoms with Crippen LogP contribution in [0.4, 0.5) is 0 Å². The number of rotatable bonds is 3. The summed E-state index contributed by atoms with van der Waals surface area (Å²) in [5, 5.41) is 4.16. The highest BCUT2D eigenvalue weighted by molar-refractivity contribution is 9.11. The molecule has 0 radical (unpaired) electrons. The molecule has 0 bridgehead atoms. The van der Waals surface area contributed by atoms with E-state index in [2.05, 4.69) is 49.3 Å². The van der Waals surface area contributed by atoms with Gasteiger partial charge in [-0.05, 0) is 54.9 Å². The third-order valence-electron chi connectivity index (χ3n) is 3.18. The third-order valence-corrected chi connectivity index (χ3v) is 4.80. The van der Waals surface area contributed by atoms with Gasteiger partial charge < -0.3 is 5.32 Å². The van der Waals surface area contributed by atoms with E-state index in [1.54, 1.807) is 0 Å². The van der Waals surface area contributed by atoms with Gasteiger partial charge >= 0.3 is 0 Å². The van der Waals surface area contributed by atoms with Crippen molar-refractivity contribution in [2.45, 2.75) is 13.0 Å². The van der Waals surface area contributed by atoms with Crippen LogP contribution in [0.5, 0.6) is 0 Å². The zero-order valence-electron chi connectivity index (χ0n) is 10.7. The van der Waals surface area contributed by atoms with Gasteiger partial charge in [0.2, 0.25) is 0 Å².